The molecule has 0 aromatic heterocycles. The van der Waals surface area contributed by atoms with E-state index in [2.05, 4.69) is 0 Å². The van der Waals surface area contributed by atoms with E-state index in [1.54, 1.807) is 24.3 Å². The number of rotatable bonds is 0. The first-order valence-electron chi connectivity index (χ1n) is 4.84. The van der Waals surface area contributed by atoms with Gasteiger partial charge in [0.25, 0.3) is 0 Å². The molecule has 1 aliphatic rings. The number of hydrogen-bond acceptors (Lipinski definition) is 2. The van der Waals surface area contributed by atoms with Gasteiger partial charge in [-0.05, 0) is 0 Å². The molecule has 3 nitrogen and oxygen atoms in total. The van der Waals surface area contributed by atoms with E-state index in [0.29, 0.717) is 9.79 Å². The van der Waals surface area contributed by atoms with Crippen molar-refractivity contribution < 1.29 is 13.9 Å². The second kappa shape index (κ2) is 4.48. The van der Waals surface area contributed by atoms with Crippen molar-refractivity contribution in [3.63, 3.8) is 0 Å². The van der Waals surface area contributed by atoms with E-state index in [1.165, 1.54) is 0 Å². The molecule has 0 saturated heterocycles. The maximum atomic E-state index is 12.3. The molecule has 17 heavy (non-hydrogen) atoms. The van der Waals surface area contributed by atoms with Gasteiger partial charge in [-0.3, -0.25) is 0 Å². The van der Waals surface area contributed by atoms with Crippen molar-refractivity contribution >= 4 is 39.6 Å². The van der Waals surface area contributed by atoms with Crippen molar-refractivity contribution in [3.8, 4) is 0 Å². The molecule has 0 saturated carbocycles. The van der Waals surface area contributed by atoms with Crippen molar-refractivity contribution in [2.24, 2.45) is 0 Å². The monoisotopic (exact) mass is 443 g/mol. The zero-order valence-corrected chi connectivity index (χ0v) is 13.1. The van der Waals surface area contributed by atoms with Crippen LogP contribution in [0.3, 0.4) is 0 Å². The van der Waals surface area contributed by atoms with E-state index in [0.717, 1.165) is 6.54 Å². The summed E-state index contributed by atoms with van der Waals surface area (Å²) >= 11 is -1.05. The van der Waals surface area contributed by atoms with Gasteiger partial charge in [0.1, 0.15) is 0 Å². The fourth-order valence-corrected chi connectivity index (χ4v) is 10.5. The molecule has 3 rings (SSSR count). The van der Waals surface area contributed by atoms with Crippen LogP contribution in [0.5, 0.6) is 0 Å². The third-order valence-corrected chi connectivity index (χ3v) is 10.6. The van der Waals surface area contributed by atoms with Crippen LogP contribution in [0.15, 0.2) is 58.3 Å². The Morgan fingerprint density at radius 3 is 1.65 bits per heavy atom. The van der Waals surface area contributed by atoms with Crippen LogP contribution < -0.4 is 6.54 Å². The van der Waals surface area contributed by atoms with E-state index in [1.807, 2.05) is 24.3 Å². The average molecular weight is 443 g/mol. The van der Waals surface area contributed by atoms with Crippen molar-refractivity contribution in [2.75, 3.05) is 0 Å². The van der Waals surface area contributed by atoms with E-state index in [-0.39, 0.29) is 5.48 Å². The molecule has 0 bridgehead atoms. The third kappa shape index (κ3) is 1.92. The quantitative estimate of drug-likeness (QED) is 0.447. The van der Waals surface area contributed by atoms with Crippen molar-refractivity contribution in [3.05, 3.63) is 48.5 Å². The Kier molecular flexibility index (Phi) is 3.35. The summed E-state index contributed by atoms with van der Waals surface area (Å²) in [5.41, 5.74) is 0. The van der Waals surface area contributed by atoms with E-state index < -0.39 is 33.1 Å². The summed E-state index contributed by atoms with van der Waals surface area (Å²) in [5.74, 6) is 0. The van der Waals surface area contributed by atoms with Crippen LogP contribution in [-0.2, 0) is 9.84 Å². The summed E-state index contributed by atoms with van der Waals surface area (Å²) in [5, 5.41) is 0. The molecule has 2 N–H and O–H groups in total. The maximum absolute atomic E-state index is 12.3. The summed E-state index contributed by atoms with van der Waals surface area (Å²) < 4.78 is 26.8. The van der Waals surface area contributed by atoms with Crippen LogP contribution in [0.2, 0.25) is 0 Å². The normalized spacial score (nSPS) is 15.3. The molecule has 0 fully saturated rings. The number of fused-ring (bicyclic) bond motifs is 2. The molecule has 0 aliphatic carbocycles. The predicted octanol–water partition coefficient (Wildman–Crippen LogP) is -0.337. The van der Waals surface area contributed by atoms with Gasteiger partial charge in [0.05, 0.1) is 0 Å². The summed E-state index contributed by atoms with van der Waals surface area (Å²) in [7, 11) is -3.26. The molecule has 2 aromatic rings. The van der Waals surface area contributed by atoms with Gasteiger partial charge >= 0.3 is 106 Å². The summed E-state index contributed by atoms with van der Waals surface area (Å²) in [6.45, 7) is 0. The first-order chi connectivity index (χ1) is 7.69. The fraction of sp³-hybridized carbons (Fsp3) is 0. The zero-order chi connectivity index (χ0) is 11.2. The van der Waals surface area contributed by atoms with Crippen LogP contribution in [0.4, 0.5) is 0 Å². The number of benzene rings is 2. The number of sulfone groups is 1. The minimum absolute atomic E-state index is 0. The van der Waals surface area contributed by atoms with Gasteiger partial charge < -0.3 is 5.48 Å². The molecular formula is C12H10BiO3S. The van der Waals surface area contributed by atoms with Crippen LogP contribution in [-0.4, -0.2) is 37.1 Å². The van der Waals surface area contributed by atoms with Crippen molar-refractivity contribution in [1.29, 1.82) is 0 Å². The molecule has 1 heterocycles. The summed E-state index contributed by atoms with van der Waals surface area (Å²) in [4.78, 5) is 1.07. The van der Waals surface area contributed by atoms with Gasteiger partial charge in [-0.25, -0.2) is 0 Å². The first-order valence-corrected chi connectivity index (χ1v) is 9.80. The van der Waals surface area contributed by atoms with E-state index in [4.69, 9.17) is 0 Å². The van der Waals surface area contributed by atoms with Gasteiger partial charge in [0.15, 0.2) is 0 Å². The van der Waals surface area contributed by atoms with Crippen LogP contribution in [0, 0.1) is 0 Å². The molecule has 0 atom stereocenters. The standard InChI is InChI=1S/C12H8O2S.Bi.H2O/c13-15(14,11-7-3-1-4-8-11)12-9-5-2-6-10-12;;/h1-7,9H;;1H2. The Hall–Kier alpha value is -0.767. The number of hydrogen-bond donors (Lipinski definition) is 0. The molecule has 1 aliphatic heterocycles. The predicted molar refractivity (Wildman–Crippen MR) is 67.0 cm³/mol. The van der Waals surface area contributed by atoms with E-state index >= 15 is 0 Å². The molecule has 87 valence electrons. The zero-order valence-electron chi connectivity index (χ0n) is 8.79. The van der Waals surface area contributed by atoms with Crippen molar-refractivity contribution in [2.45, 2.75) is 9.79 Å². The third-order valence-electron chi connectivity index (χ3n) is 2.55. The Morgan fingerprint density at radius 1 is 0.765 bits per heavy atom. The summed E-state index contributed by atoms with van der Waals surface area (Å²) in [6, 6.07) is 14.8. The average Bonchev–Trinajstić information content (AvgIpc) is 2.29. The van der Waals surface area contributed by atoms with Crippen LogP contribution >= 0.6 is 0 Å². The molecular weight excluding hydrogens is 433 g/mol. The molecule has 5 heteroatoms. The van der Waals surface area contributed by atoms with Gasteiger partial charge in [0.2, 0.25) is 0 Å². The molecule has 1 radical (unpaired) electrons. The molecule has 0 spiro atoms. The van der Waals surface area contributed by atoms with Crippen LogP contribution in [0.1, 0.15) is 0 Å². The first kappa shape index (κ1) is 12.7. The van der Waals surface area contributed by atoms with Crippen molar-refractivity contribution in [1.82, 2.24) is 0 Å². The Labute approximate surface area is 111 Å². The topological polar surface area (TPSA) is 65.6 Å². The Morgan fingerprint density at radius 2 is 1.18 bits per heavy atom. The SMILES string of the molecule is O.O=S1(=O)c2cccc[c]2[Bi][c]2ccccc21. The van der Waals surface area contributed by atoms with Gasteiger partial charge in [-0.2, -0.15) is 0 Å². The second-order valence-electron chi connectivity index (χ2n) is 3.55. The summed E-state index contributed by atoms with van der Waals surface area (Å²) in [6.07, 6.45) is 0. The minimum atomic E-state index is -3.26. The van der Waals surface area contributed by atoms with Gasteiger partial charge in [0, 0.05) is 0 Å². The molecule has 2 aromatic carbocycles. The Bertz CT molecular complexity index is 613. The fourth-order valence-electron chi connectivity index (χ4n) is 1.80. The molecule has 0 unspecified atom stereocenters. The van der Waals surface area contributed by atoms with Crippen LogP contribution in [0.25, 0.3) is 0 Å². The van der Waals surface area contributed by atoms with Gasteiger partial charge in [-0.15, -0.1) is 0 Å². The Balaban J connectivity index is 0.00000108. The molecule has 0 amide bonds. The van der Waals surface area contributed by atoms with Gasteiger partial charge in [-0.1, -0.05) is 0 Å². The second-order valence-corrected chi connectivity index (χ2v) is 10.1. The van der Waals surface area contributed by atoms with E-state index in [9.17, 15) is 8.42 Å².